The normalized spacial score (nSPS) is 13.5. The minimum atomic E-state index is -1.07. The number of rotatable bonds is 2. The Kier molecular flexibility index (Phi) is 2.82. The van der Waals surface area contributed by atoms with E-state index in [1.54, 1.807) is 0 Å². The zero-order chi connectivity index (χ0) is 13.6. The molecule has 3 rings (SSSR count). The number of halogens is 1. The molecule has 2 aromatic rings. The van der Waals surface area contributed by atoms with Crippen LogP contribution in [0.5, 0.6) is 5.75 Å². The Labute approximate surface area is 117 Å². The largest absolute Gasteiger partial charge is 0.506 e. The number of phenols is 1. The summed E-state index contributed by atoms with van der Waals surface area (Å²) < 4.78 is 0.692. The third kappa shape index (κ3) is 1.92. The van der Waals surface area contributed by atoms with Crippen LogP contribution in [0.3, 0.4) is 0 Å². The number of benzene rings is 1. The van der Waals surface area contributed by atoms with E-state index in [9.17, 15) is 9.90 Å². The van der Waals surface area contributed by atoms with Crippen molar-refractivity contribution in [3.8, 4) is 17.0 Å². The maximum atomic E-state index is 10.8. The lowest BCUT2D eigenvalue weighted by Crippen LogP contribution is -1.95. The molecule has 0 bridgehead atoms. The fourth-order valence-corrected chi connectivity index (χ4v) is 3.11. The van der Waals surface area contributed by atoms with Crippen molar-refractivity contribution in [1.29, 1.82) is 0 Å². The van der Waals surface area contributed by atoms with E-state index < -0.39 is 5.97 Å². The van der Waals surface area contributed by atoms with Crippen molar-refractivity contribution in [3.05, 3.63) is 33.4 Å². The maximum Gasteiger partial charge on any atom is 0.353 e. The van der Waals surface area contributed by atoms with Crippen LogP contribution < -0.4 is 0 Å². The second-order valence-electron chi connectivity index (χ2n) is 4.55. The van der Waals surface area contributed by atoms with Gasteiger partial charge in [0.15, 0.2) is 0 Å². The molecular formula is C13H11BrN2O3. The van der Waals surface area contributed by atoms with Crippen LogP contribution in [0.25, 0.3) is 11.3 Å². The second kappa shape index (κ2) is 4.38. The molecule has 0 fully saturated rings. The highest BCUT2D eigenvalue weighted by atomic mass is 79.9. The predicted octanol–water partition coefficient (Wildman–Crippen LogP) is 2.73. The molecule has 0 aliphatic heterocycles. The zero-order valence-corrected chi connectivity index (χ0v) is 11.5. The monoisotopic (exact) mass is 322 g/mol. The van der Waals surface area contributed by atoms with Gasteiger partial charge in [0, 0.05) is 5.56 Å². The highest BCUT2D eigenvalue weighted by Gasteiger charge is 2.22. The number of aromatic nitrogens is 2. The van der Waals surface area contributed by atoms with Crippen LogP contribution in [0.4, 0.5) is 0 Å². The van der Waals surface area contributed by atoms with Crippen LogP contribution in [0, 0.1) is 0 Å². The summed E-state index contributed by atoms with van der Waals surface area (Å²) in [5.74, 6) is -0.956. The van der Waals surface area contributed by atoms with Crippen molar-refractivity contribution in [1.82, 2.24) is 10.2 Å². The molecule has 1 heterocycles. The lowest BCUT2D eigenvalue weighted by molar-refractivity contribution is 0.0690. The third-order valence-corrected chi connectivity index (χ3v) is 4.25. The second-order valence-corrected chi connectivity index (χ2v) is 5.34. The molecule has 0 saturated heterocycles. The van der Waals surface area contributed by atoms with Crippen LogP contribution >= 0.6 is 15.9 Å². The van der Waals surface area contributed by atoms with E-state index in [1.165, 1.54) is 11.6 Å². The number of carboxylic acids is 1. The van der Waals surface area contributed by atoms with E-state index in [4.69, 9.17) is 5.11 Å². The first-order chi connectivity index (χ1) is 9.08. The summed E-state index contributed by atoms with van der Waals surface area (Å²) in [6, 6.07) is 3.31. The molecule has 0 radical (unpaired) electrons. The van der Waals surface area contributed by atoms with Gasteiger partial charge in [0.2, 0.25) is 0 Å². The summed E-state index contributed by atoms with van der Waals surface area (Å²) in [5.41, 5.74) is 3.31. The standard InChI is InChI=1S/C13H11BrN2O3/c14-11-7-3-1-2-6(7)4-8(12(11)17)9-5-10(13(18)19)16-15-9/h4-5,17H,1-3H2,(H,15,16)(H,18,19). The third-order valence-electron chi connectivity index (χ3n) is 3.39. The summed E-state index contributed by atoms with van der Waals surface area (Å²) >= 11 is 3.41. The summed E-state index contributed by atoms with van der Waals surface area (Å²) in [4.78, 5) is 10.8. The van der Waals surface area contributed by atoms with Gasteiger partial charge in [-0.15, -0.1) is 0 Å². The number of hydrogen-bond donors (Lipinski definition) is 3. The Balaban J connectivity index is 2.14. The van der Waals surface area contributed by atoms with Gasteiger partial charge in [-0.05, 0) is 58.5 Å². The highest BCUT2D eigenvalue weighted by Crippen LogP contribution is 2.42. The molecule has 3 N–H and O–H groups in total. The van der Waals surface area contributed by atoms with Gasteiger partial charge >= 0.3 is 5.97 Å². The van der Waals surface area contributed by atoms with Crippen LogP contribution in [0.2, 0.25) is 0 Å². The summed E-state index contributed by atoms with van der Waals surface area (Å²) in [6.45, 7) is 0. The average molecular weight is 323 g/mol. The van der Waals surface area contributed by atoms with Gasteiger partial charge in [0.25, 0.3) is 0 Å². The number of aryl methyl sites for hydroxylation is 1. The number of phenolic OH excluding ortho intramolecular Hbond substituents is 1. The average Bonchev–Trinajstić information content (AvgIpc) is 3.01. The lowest BCUT2D eigenvalue weighted by Gasteiger charge is -2.09. The molecule has 0 atom stereocenters. The van der Waals surface area contributed by atoms with E-state index in [0.717, 1.165) is 24.8 Å². The number of carbonyl (C=O) groups is 1. The molecule has 0 saturated carbocycles. The number of nitrogens with zero attached hydrogens (tertiary/aromatic N) is 1. The quantitative estimate of drug-likeness (QED) is 0.793. The van der Waals surface area contributed by atoms with Gasteiger partial charge in [-0.2, -0.15) is 5.10 Å². The van der Waals surface area contributed by atoms with E-state index >= 15 is 0 Å². The summed E-state index contributed by atoms with van der Waals surface area (Å²) in [7, 11) is 0. The van der Waals surface area contributed by atoms with Crippen molar-refractivity contribution in [2.24, 2.45) is 0 Å². The molecule has 1 aliphatic rings. The van der Waals surface area contributed by atoms with Crippen LogP contribution in [-0.4, -0.2) is 26.4 Å². The molecule has 0 spiro atoms. The smallest absolute Gasteiger partial charge is 0.353 e. The van der Waals surface area contributed by atoms with Crippen molar-refractivity contribution in [2.75, 3.05) is 0 Å². The minimum Gasteiger partial charge on any atom is -0.506 e. The fraction of sp³-hybridized carbons (Fsp3) is 0.231. The Bertz CT molecular complexity index is 679. The minimum absolute atomic E-state index is 0.00557. The van der Waals surface area contributed by atoms with Gasteiger partial charge in [0.1, 0.15) is 11.4 Å². The Morgan fingerprint density at radius 2 is 2.16 bits per heavy atom. The van der Waals surface area contributed by atoms with E-state index in [1.807, 2.05) is 6.07 Å². The first kappa shape index (κ1) is 12.2. The highest BCUT2D eigenvalue weighted by molar-refractivity contribution is 9.10. The van der Waals surface area contributed by atoms with Crippen molar-refractivity contribution in [3.63, 3.8) is 0 Å². The Morgan fingerprint density at radius 1 is 1.37 bits per heavy atom. The number of aromatic hydroxyl groups is 1. The van der Waals surface area contributed by atoms with Crippen molar-refractivity contribution in [2.45, 2.75) is 19.3 Å². The van der Waals surface area contributed by atoms with Gasteiger partial charge in [0.05, 0.1) is 10.2 Å². The molecule has 19 heavy (non-hydrogen) atoms. The van der Waals surface area contributed by atoms with Gasteiger partial charge in [-0.1, -0.05) is 0 Å². The van der Waals surface area contributed by atoms with Crippen molar-refractivity contribution >= 4 is 21.9 Å². The fourth-order valence-electron chi connectivity index (χ4n) is 2.45. The predicted molar refractivity (Wildman–Crippen MR) is 72.4 cm³/mol. The van der Waals surface area contributed by atoms with Crippen LogP contribution in [0.1, 0.15) is 28.0 Å². The first-order valence-corrected chi connectivity index (χ1v) is 6.69. The molecule has 1 aromatic heterocycles. The Morgan fingerprint density at radius 3 is 2.84 bits per heavy atom. The first-order valence-electron chi connectivity index (χ1n) is 5.90. The van der Waals surface area contributed by atoms with E-state index in [0.29, 0.717) is 15.7 Å². The molecule has 5 nitrogen and oxygen atoms in total. The van der Waals surface area contributed by atoms with Crippen molar-refractivity contribution < 1.29 is 15.0 Å². The number of aromatic amines is 1. The zero-order valence-electron chi connectivity index (χ0n) is 9.90. The van der Waals surface area contributed by atoms with Crippen LogP contribution in [-0.2, 0) is 12.8 Å². The lowest BCUT2D eigenvalue weighted by atomic mass is 10.0. The molecular weight excluding hydrogens is 312 g/mol. The molecule has 0 amide bonds. The van der Waals surface area contributed by atoms with Crippen LogP contribution in [0.15, 0.2) is 16.6 Å². The number of aromatic carboxylic acids is 1. The molecule has 1 aromatic carbocycles. The topological polar surface area (TPSA) is 86.2 Å². The van der Waals surface area contributed by atoms with E-state index in [-0.39, 0.29) is 11.4 Å². The van der Waals surface area contributed by atoms with Gasteiger partial charge < -0.3 is 10.2 Å². The maximum absolute atomic E-state index is 10.8. The molecule has 98 valence electrons. The van der Waals surface area contributed by atoms with Gasteiger partial charge in [-0.3, -0.25) is 5.10 Å². The number of H-pyrrole nitrogens is 1. The Hall–Kier alpha value is -1.82. The SMILES string of the molecule is O=C(O)c1cc(-c2cc3c(c(Br)c2O)CCC3)n[nH]1. The number of hydrogen-bond acceptors (Lipinski definition) is 3. The number of fused-ring (bicyclic) bond motifs is 1. The van der Waals surface area contributed by atoms with Gasteiger partial charge in [-0.25, -0.2) is 4.79 Å². The number of nitrogens with one attached hydrogen (secondary N) is 1. The molecule has 6 heteroatoms. The number of carboxylic acid groups (broad SMARTS) is 1. The molecule has 0 unspecified atom stereocenters. The molecule has 1 aliphatic carbocycles. The van der Waals surface area contributed by atoms with E-state index in [2.05, 4.69) is 26.1 Å². The summed E-state index contributed by atoms with van der Waals surface area (Å²) in [6.07, 6.45) is 2.99. The summed E-state index contributed by atoms with van der Waals surface area (Å²) in [5, 5.41) is 25.5.